The predicted octanol–water partition coefficient (Wildman–Crippen LogP) is 2.22. The minimum Gasteiger partial charge on any atom is -0.484 e. The number of amides is 2. The van der Waals surface area contributed by atoms with Crippen molar-refractivity contribution in [2.45, 2.75) is 20.8 Å². The maximum absolute atomic E-state index is 11.8. The van der Waals surface area contributed by atoms with Crippen LogP contribution in [0.1, 0.15) is 16.7 Å². The lowest BCUT2D eigenvalue weighted by Gasteiger charge is -2.12. The SMILES string of the molecule is Cc1cccc(OCC(=O)NNC(=O)COc2c(C)cccc2C)c1. The minimum absolute atomic E-state index is 0.190. The summed E-state index contributed by atoms with van der Waals surface area (Å²) in [6.45, 7) is 5.37. The second-order valence-corrected chi connectivity index (χ2v) is 5.71. The van der Waals surface area contributed by atoms with Gasteiger partial charge in [-0.25, -0.2) is 0 Å². The van der Waals surface area contributed by atoms with E-state index in [2.05, 4.69) is 10.9 Å². The van der Waals surface area contributed by atoms with E-state index in [1.807, 2.05) is 57.2 Å². The molecule has 6 nitrogen and oxygen atoms in total. The molecule has 2 aromatic rings. The van der Waals surface area contributed by atoms with Crippen molar-refractivity contribution in [1.82, 2.24) is 10.9 Å². The Kier molecular flexibility index (Phi) is 6.39. The number of hydrogen-bond donors (Lipinski definition) is 2. The fraction of sp³-hybridized carbons (Fsp3) is 0.263. The number of nitrogens with one attached hydrogen (secondary N) is 2. The molecule has 0 heterocycles. The smallest absolute Gasteiger partial charge is 0.276 e. The number of rotatable bonds is 6. The molecule has 0 saturated carbocycles. The molecule has 2 rings (SSSR count). The van der Waals surface area contributed by atoms with Gasteiger partial charge in [0.2, 0.25) is 0 Å². The number of hydrogen-bond acceptors (Lipinski definition) is 4. The normalized spacial score (nSPS) is 10.0. The van der Waals surface area contributed by atoms with Crippen LogP contribution in [-0.2, 0) is 9.59 Å². The molecular formula is C19H22N2O4. The number of hydrazine groups is 1. The third-order valence-electron chi connectivity index (χ3n) is 3.46. The summed E-state index contributed by atoms with van der Waals surface area (Å²) < 4.78 is 10.9. The zero-order valence-corrected chi connectivity index (χ0v) is 14.6. The van der Waals surface area contributed by atoms with Crippen LogP contribution in [0.2, 0.25) is 0 Å². The van der Waals surface area contributed by atoms with Gasteiger partial charge >= 0.3 is 0 Å². The molecule has 0 unspecified atom stereocenters. The van der Waals surface area contributed by atoms with Gasteiger partial charge in [-0.2, -0.15) is 0 Å². The third kappa shape index (κ3) is 5.84. The van der Waals surface area contributed by atoms with E-state index in [1.165, 1.54) is 0 Å². The first kappa shape index (κ1) is 18.3. The molecule has 2 amide bonds. The topological polar surface area (TPSA) is 76.7 Å². The minimum atomic E-state index is -0.457. The molecule has 0 bridgehead atoms. The van der Waals surface area contributed by atoms with Crippen molar-refractivity contribution in [3.63, 3.8) is 0 Å². The second-order valence-electron chi connectivity index (χ2n) is 5.71. The number of carbonyl (C=O) groups excluding carboxylic acids is 2. The first-order valence-corrected chi connectivity index (χ1v) is 7.92. The lowest BCUT2D eigenvalue weighted by molar-refractivity contribution is -0.131. The Bertz CT molecular complexity index is 739. The molecule has 0 aliphatic rings. The Morgan fingerprint density at radius 1 is 0.840 bits per heavy atom. The van der Waals surface area contributed by atoms with Crippen molar-refractivity contribution in [2.24, 2.45) is 0 Å². The Morgan fingerprint density at radius 2 is 1.40 bits per heavy atom. The average molecular weight is 342 g/mol. The molecule has 6 heteroatoms. The van der Waals surface area contributed by atoms with E-state index in [-0.39, 0.29) is 13.2 Å². The highest BCUT2D eigenvalue weighted by Gasteiger charge is 2.09. The highest BCUT2D eigenvalue weighted by atomic mass is 16.5. The van der Waals surface area contributed by atoms with Gasteiger partial charge in [0.05, 0.1) is 0 Å². The number of para-hydroxylation sites is 1. The average Bonchev–Trinajstić information content (AvgIpc) is 2.58. The van der Waals surface area contributed by atoms with Crippen LogP contribution < -0.4 is 20.3 Å². The van der Waals surface area contributed by atoms with Crippen LogP contribution in [-0.4, -0.2) is 25.0 Å². The number of benzene rings is 2. The molecule has 0 fully saturated rings. The quantitative estimate of drug-likeness (QED) is 0.789. The highest BCUT2D eigenvalue weighted by Crippen LogP contribution is 2.21. The van der Waals surface area contributed by atoms with E-state index in [9.17, 15) is 9.59 Å². The summed E-state index contributed by atoms with van der Waals surface area (Å²) >= 11 is 0. The highest BCUT2D eigenvalue weighted by molar-refractivity contribution is 5.83. The molecule has 0 saturated heterocycles. The summed E-state index contributed by atoms with van der Waals surface area (Å²) in [6.07, 6.45) is 0. The van der Waals surface area contributed by atoms with Crippen LogP contribution in [0.25, 0.3) is 0 Å². The van der Waals surface area contributed by atoms with Gasteiger partial charge in [0.25, 0.3) is 11.8 Å². The zero-order chi connectivity index (χ0) is 18.2. The predicted molar refractivity (Wildman–Crippen MR) is 94.4 cm³/mol. The van der Waals surface area contributed by atoms with Crippen LogP contribution in [0.5, 0.6) is 11.5 Å². The zero-order valence-electron chi connectivity index (χ0n) is 14.6. The fourth-order valence-electron chi connectivity index (χ4n) is 2.23. The van der Waals surface area contributed by atoms with Crippen LogP contribution in [0.4, 0.5) is 0 Å². The van der Waals surface area contributed by atoms with Crippen molar-refractivity contribution >= 4 is 11.8 Å². The molecule has 0 atom stereocenters. The van der Waals surface area contributed by atoms with E-state index in [0.717, 1.165) is 16.7 Å². The molecule has 2 N–H and O–H groups in total. The molecule has 0 aliphatic carbocycles. The molecule has 2 aromatic carbocycles. The van der Waals surface area contributed by atoms with Gasteiger partial charge in [0.1, 0.15) is 11.5 Å². The summed E-state index contributed by atoms with van der Waals surface area (Å²) in [5.41, 5.74) is 7.52. The monoisotopic (exact) mass is 342 g/mol. The van der Waals surface area contributed by atoms with Gasteiger partial charge in [-0.1, -0.05) is 30.3 Å². The summed E-state index contributed by atoms with van der Waals surface area (Å²) in [7, 11) is 0. The van der Waals surface area contributed by atoms with Gasteiger partial charge in [-0.05, 0) is 49.6 Å². The van der Waals surface area contributed by atoms with E-state index in [0.29, 0.717) is 11.5 Å². The summed E-state index contributed by atoms with van der Waals surface area (Å²) in [5, 5.41) is 0. The Hall–Kier alpha value is -3.02. The fourth-order valence-corrected chi connectivity index (χ4v) is 2.23. The van der Waals surface area contributed by atoms with Gasteiger partial charge in [-0.3, -0.25) is 20.4 Å². The number of carbonyl (C=O) groups is 2. The van der Waals surface area contributed by atoms with Crippen molar-refractivity contribution in [3.8, 4) is 11.5 Å². The lowest BCUT2D eigenvalue weighted by Crippen LogP contribution is -2.45. The van der Waals surface area contributed by atoms with E-state index < -0.39 is 11.8 Å². The van der Waals surface area contributed by atoms with Gasteiger partial charge in [0.15, 0.2) is 13.2 Å². The van der Waals surface area contributed by atoms with Crippen molar-refractivity contribution in [1.29, 1.82) is 0 Å². The first-order valence-electron chi connectivity index (χ1n) is 7.92. The summed E-state index contributed by atoms with van der Waals surface area (Å²) in [5.74, 6) is 0.361. The molecule has 0 spiro atoms. The first-order chi connectivity index (χ1) is 12.0. The van der Waals surface area contributed by atoms with Crippen LogP contribution in [0, 0.1) is 20.8 Å². The second kappa shape index (κ2) is 8.73. The Labute approximate surface area is 147 Å². The van der Waals surface area contributed by atoms with Crippen molar-refractivity contribution in [3.05, 3.63) is 59.2 Å². The van der Waals surface area contributed by atoms with Crippen molar-refractivity contribution in [2.75, 3.05) is 13.2 Å². The largest absolute Gasteiger partial charge is 0.484 e. The van der Waals surface area contributed by atoms with Crippen LogP contribution in [0.3, 0.4) is 0 Å². The summed E-state index contributed by atoms with van der Waals surface area (Å²) in [4.78, 5) is 23.5. The maximum Gasteiger partial charge on any atom is 0.276 e. The van der Waals surface area contributed by atoms with Gasteiger partial charge < -0.3 is 9.47 Å². The Morgan fingerprint density at radius 3 is 2.00 bits per heavy atom. The van der Waals surface area contributed by atoms with Crippen LogP contribution in [0.15, 0.2) is 42.5 Å². The third-order valence-corrected chi connectivity index (χ3v) is 3.46. The van der Waals surface area contributed by atoms with Gasteiger partial charge in [0, 0.05) is 0 Å². The standard InChI is InChI=1S/C19H22N2O4/c1-13-6-4-9-16(10-13)24-11-17(22)20-21-18(23)12-25-19-14(2)7-5-8-15(19)3/h4-10H,11-12H2,1-3H3,(H,20,22)(H,21,23). The van der Waals surface area contributed by atoms with Crippen LogP contribution >= 0.6 is 0 Å². The maximum atomic E-state index is 11.8. The molecule has 132 valence electrons. The molecule has 0 aromatic heterocycles. The molecule has 25 heavy (non-hydrogen) atoms. The molecular weight excluding hydrogens is 320 g/mol. The number of aryl methyl sites for hydroxylation is 3. The van der Waals surface area contributed by atoms with E-state index >= 15 is 0 Å². The number of ether oxygens (including phenoxy) is 2. The summed E-state index contributed by atoms with van der Waals surface area (Å²) in [6, 6.07) is 13.1. The van der Waals surface area contributed by atoms with E-state index in [4.69, 9.17) is 9.47 Å². The lowest BCUT2D eigenvalue weighted by atomic mass is 10.1. The Balaban J connectivity index is 1.71. The van der Waals surface area contributed by atoms with E-state index in [1.54, 1.807) is 6.07 Å². The molecule has 0 radical (unpaired) electrons. The van der Waals surface area contributed by atoms with Gasteiger partial charge in [-0.15, -0.1) is 0 Å². The molecule has 0 aliphatic heterocycles. The van der Waals surface area contributed by atoms with Crippen molar-refractivity contribution < 1.29 is 19.1 Å².